The smallest absolute Gasteiger partial charge is 0.123 e. The highest BCUT2D eigenvalue weighted by Gasteiger charge is 2.26. The van der Waals surface area contributed by atoms with Crippen molar-refractivity contribution < 1.29 is 4.74 Å². The van der Waals surface area contributed by atoms with Gasteiger partial charge in [-0.15, -0.1) is 0 Å². The molecule has 0 aliphatic heterocycles. The van der Waals surface area contributed by atoms with E-state index < -0.39 is 0 Å². The van der Waals surface area contributed by atoms with Gasteiger partial charge in [-0.25, -0.2) is 0 Å². The number of benzene rings is 1. The molecular weight excluding hydrogens is 312 g/mol. The van der Waals surface area contributed by atoms with Crippen molar-refractivity contribution in [1.82, 2.24) is 0 Å². The van der Waals surface area contributed by atoms with Crippen molar-refractivity contribution in [2.75, 3.05) is 0 Å². The maximum atomic E-state index is 6.16. The van der Waals surface area contributed by atoms with Crippen molar-refractivity contribution in [3.63, 3.8) is 0 Å². The van der Waals surface area contributed by atoms with Gasteiger partial charge in [-0.3, -0.25) is 0 Å². The summed E-state index contributed by atoms with van der Waals surface area (Å²) in [6.45, 7) is 4.67. The van der Waals surface area contributed by atoms with E-state index in [-0.39, 0.29) is 0 Å². The van der Waals surface area contributed by atoms with E-state index in [1.54, 1.807) is 0 Å². The number of alkyl halides is 1. The van der Waals surface area contributed by atoms with E-state index in [1.807, 2.05) is 18.2 Å². The van der Waals surface area contributed by atoms with Crippen LogP contribution in [0.15, 0.2) is 18.2 Å². The first-order valence-corrected chi connectivity index (χ1v) is 8.11. The molecule has 0 N–H and O–H groups in total. The molecule has 3 atom stereocenters. The van der Waals surface area contributed by atoms with Gasteiger partial charge in [0.05, 0.1) is 6.10 Å². The van der Waals surface area contributed by atoms with Gasteiger partial charge in [0.1, 0.15) is 5.75 Å². The molecule has 0 bridgehead atoms. The Morgan fingerprint density at radius 3 is 2.72 bits per heavy atom. The summed E-state index contributed by atoms with van der Waals surface area (Å²) in [5.41, 5.74) is 1.13. The summed E-state index contributed by atoms with van der Waals surface area (Å²) >= 11 is 9.49. The first-order valence-electron chi connectivity index (χ1n) is 6.61. The van der Waals surface area contributed by atoms with Crippen LogP contribution in [0, 0.1) is 11.8 Å². The molecule has 1 fully saturated rings. The molecule has 100 valence electrons. The first-order chi connectivity index (χ1) is 8.60. The Kier molecular flexibility index (Phi) is 4.97. The Hall–Kier alpha value is -0.210. The van der Waals surface area contributed by atoms with E-state index in [0.29, 0.717) is 6.10 Å². The van der Waals surface area contributed by atoms with Gasteiger partial charge in [0.2, 0.25) is 0 Å². The molecule has 1 aliphatic rings. The monoisotopic (exact) mass is 330 g/mol. The summed E-state index contributed by atoms with van der Waals surface area (Å²) < 4.78 is 6.16. The number of ether oxygens (including phenoxy) is 1. The number of halogens is 2. The highest BCUT2D eigenvalue weighted by Crippen LogP contribution is 2.33. The summed E-state index contributed by atoms with van der Waals surface area (Å²) in [6, 6.07) is 5.86. The zero-order chi connectivity index (χ0) is 13.1. The maximum absolute atomic E-state index is 6.16. The average Bonchev–Trinajstić information content (AvgIpc) is 2.36. The van der Waals surface area contributed by atoms with Gasteiger partial charge in [0.15, 0.2) is 0 Å². The Labute approximate surface area is 123 Å². The second-order valence-corrected chi connectivity index (χ2v) is 6.39. The largest absolute Gasteiger partial charge is 0.490 e. The van der Waals surface area contributed by atoms with Gasteiger partial charge in [0.25, 0.3) is 0 Å². The van der Waals surface area contributed by atoms with E-state index in [9.17, 15) is 0 Å². The fraction of sp³-hybridized carbons (Fsp3) is 0.600. The summed E-state index contributed by atoms with van der Waals surface area (Å²) in [4.78, 5) is 0. The van der Waals surface area contributed by atoms with Crippen LogP contribution in [0.2, 0.25) is 5.02 Å². The summed E-state index contributed by atoms with van der Waals surface area (Å²) in [5.74, 6) is 2.55. The SMILES string of the molecule is CC1CCC(Oc2ccc(Cl)cc2CBr)CC1C. The molecule has 0 heterocycles. The van der Waals surface area contributed by atoms with Crippen molar-refractivity contribution >= 4 is 27.5 Å². The lowest BCUT2D eigenvalue weighted by Crippen LogP contribution is -2.29. The van der Waals surface area contributed by atoms with Crippen LogP contribution < -0.4 is 4.74 Å². The van der Waals surface area contributed by atoms with Gasteiger partial charge in [-0.05, 0) is 49.3 Å². The highest BCUT2D eigenvalue weighted by atomic mass is 79.9. The number of hydrogen-bond donors (Lipinski definition) is 0. The maximum Gasteiger partial charge on any atom is 0.123 e. The Morgan fingerprint density at radius 1 is 1.28 bits per heavy atom. The second kappa shape index (κ2) is 6.29. The fourth-order valence-electron chi connectivity index (χ4n) is 2.55. The lowest BCUT2D eigenvalue weighted by Gasteiger charge is -2.32. The minimum Gasteiger partial charge on any atom is -0.490 e. The number of hydrogen-bond acceptors (Lipinski definition) is 1. The molecule has 0 amide bonds. The highest BCUT2D eigenvalue weighted by molar-refractivity contribution is 9.08. The Bertz CT molecular complexity index is 407. The molecule has 0 spiro atoms. The van der Waals surface area contributed by atoms with Gasteiger partial charge in [0, 0.05) is 15.9 Å². The quantitative estimate of drug-likeness (QED) is 0.670. The molecule has 3 unspecified atom stereocenters. The van der Waals surface area contributed by atoms with Crippen molar-refractivity contribution in [2.45, 2.75) is 44.5 Å². The first kappa shape index (κ1) is 14.2. The van der Waals surface area contributed by atoms with Crippen LogP contribution in [0.1, 0.15) is 38.7 Å². The van der Waals surface area contributed by atoms with Crippen LogP contribution in [0.5, 0.6) is 5.75 Å². The standard InChI is InChI=1S/C15H20BrClO/c1-10-3-5-14(7-11(10)2)18-15-6-4-13(17)8-12(15)9-16/h4,6,8,10-11,14H,3,5,7,9H2,1-2H3. The van der Waals surface area contributed by atoms with Crippen LogP contribution in [-0.2, 0) is 5.33 Å². The van der Waals surface area contributed by atoms with Crippen LogP contribution in [0.25, 0.3) is 0 Å². The van der Waals surface area contributed by atoms with Crippen LogP contribution in [-0.4, -0.2) is 6.10 Å². The van der Waals surface area contributed by atoms with Gasteiger partial charge >= 0.3 is 0 Å². The molecule has 1 aromatic rings. The molecule has 1 nitrogen and oxygen atoms in total. The van der Waals surface area contributed by atoms with Crippen LogP contribution in [0.4, 0.5) is 0 Å². The molecule has 2 rings (SSSR count). The molecule has 0 radical (unpaired) electrons. The third-order valence-electron chi connectivity index (χ3n) is 4.01. The summed E-state index contributed by atoms with van der Waals surface area (Å²) in [5, 5.41) is 1.55. The van der Waals surface area contributed by atoms with E-state index >= 15 is 0 Å². The lowest BCUT2D eigenvalue weighted by atomic mass is 9.80. The van der Waals surface area contributed by atoms with Gasteiger partial charge in [-0.2, -0.15) is 0 Å². The molecule has 0 aromatic heterocycles. The topological polar surface area (TPSA) is 9.23 Å². The normalized spacial score (nSPS) is 28.1. The van der Waals surface area contributed by atoms with E-state index in [1.165, 1.54) is 6.42 Å². The molecule has 3 heteroatoms. The van der Waals surface area contributed by atoms with Crippen molar-refractivity contribution in [2.24, 2.45) is 11.8 Å². The molecule has 0 saturated heterocycles. The Balaban J connectivity index is 2.05. The molecule has 1 aromatic carbocycles. The molecule has 1 aliphatic carbocycles. The average molecular weight is 332 g/mol. The van der Waals surface area contributed by atoms with Crippen molar-refractivity contribution in [1.29, 1.82) is 0 Å². The predicted molar refractivity (Wildman–Crippen MR) is 80.7 cm³/mol. The minimum absolute atomic E-state index is 0.357. The summed E-state index contributed by atoms with van der Waals surface area (Å²) in [7, 11) is 0. The van der Waals surface area contributed by atoms with Crippen molar-refractivity contribution in [3.8, 4) is 5.75 Å². The Morgan fingerprint density at radius 2 is 2.06 bits per heavy atom. The van der Waals surface area contributed by atoms with Crippen LogP contribution >= 0.6 is 27.5 Å². The molecule has 18 heavy (non-hydrogen) atoms. The molecular formula is C15H20BrClO. The zero-order valence-corrected chi connectivity index (χ0v) is 13.3. The predicted octanol–water partition coefficient (Wildman–Crippen LogP) is 5.44. The van der Waals surface area contributed by atoms with Gasteiger partial charge in [-0.1, -0.05) is 41.4 Å². The van der Waals surface area contributed by atoms with Crippen molar-refractivity contribution in [3.05, 3.63) is 28.8 Å². The minimum atomic E-state index is 0.357. The van der Waals surface area contributed by atoms with Gasteiger partial charge < -0.3 is 4.74 Å². The number of rotatable bonds is 3. The molecule has 1 saturated carbocycles. The third-order valence-corrected chi connectivity index (χ3v) is 4.85. The van der Waals surface area contributed by atoms with Crippen LogP contribution in [0.3, 0.4) is 0 Å². The van der Waals surface area contributed by atoms with E-state index in [0.717, 1.165) is 46.3 Å². The van der Waals surface area contributed by atoms with E-state index in [4.69, 9.17) is 16.3 Å². The fourth-order valence-corrected chi connectivity index (χ4v) is 3.19. The van der Waals surface area contributed by atoms with E-state index in [2.05, 4.69) is 29.8 Å². The third kappa shape index (κ3) is 3.42. The summed E-state index contributed by atoms with van der Waals surface area (Å²) in [6.07, 6.45) is 3.94. The second-order valence-electron chi connectivity index (χ2n) is 5.39. The lowest BCUT2D eigenvalue weighted by molar-refractivity contribution is 0.0999. The zero-order valence-electron chi connectivity index (χ0n) is 11.0.